The van der Waals surface area contributed by atoms with Crippen LogP contribution in [0.5, 0.6) is 0 Å². The molecule has 0 radical (unpaired) electrons. The molecule has 1 amide bonds. The second kappa shape index (κ2) is 6.53. The number of amides is 1. The van der Waals surface area contributed by atoms with Gasteiger partial charge < -0.3 is 19.6 Å². The van der Waals surface area contributed by atoms with Gasteiger partial charge in [-0.25, -0.2) is 9.78 Å². The zero-order valence-corrected chi connectivity index (χ0v) is 13.2. The van der Waals surface area contributed by atoms with E-state index in [0.29, 0.717) is 17.7 Å². The number of esters is 1. The van der Waals surface area contributed by atoms with Crippen molar-refractivity contribution in [2.24, 2.45) is 0 Å². The Hall–Kier alpha value is -3.16. The maximum atomic E-state index is 12.3. The summed E-state index contributed by atoms with van der Waals surface area (Å²) in [6.45, 7) is 3.47. The van der Waals surface area contributed by atoms with Crippen LogP contribution in [0, 0.1) is 6.92 Å². The number of nitrogens with zero attached hydrogens (tertiary/aromatic N) is 2. The molecule has 0 aliphatic carbocycles. The minimum atomic E-state index is -0.924. The molecule has 0 fully saturated rings. The number of hydrogen-bond acceptors (Lipinski definition) is 6. The normalized spacial score (nSPS) is 12.1. The maximum absolute atomic E-state index is 12.3. The number of ether oxygens (including phenoxy) is 1. The molecule has 0 saturated heterocycles. The summed E-state index contributed by atoms with van der Waals surface area (Å²) >= 11 is 0. The third kappa shape index (κ3) is 3.27. The first-order valence-electron chi connectivity index (χ1n) is 7.45. The number of fused-ring (bicyclic) bond motifs is 1. The van der Waals surface area contributed by atoms with Crippen LogP contribution in [-0.4, -0.2) is 33.1 Å². The highest BCUT2D eigenvalue weighted by atomic mass is 16.5. The Morgan fingerprint density at radius 2 is 2.21 bits per heavy atom. The summed E-state index contributed by atoms with van der Waals surface area (Å²) in [5.41, 5.74) is 1.81. The molecule has 8 nitrogen and oxygen atoms in total. The van der Waals surface area contributed by atoms with Crippen molar-refractivity contribution in [1.29, 1.82) is 0 Å². The Kier molecular flexibility index (Phi) is 4.28. The number of nitrogens with one attached hydrogen (secondary N) is 2. The summed E-state index contributed by atoms with van der Waals surface area (Å²) in [7, 11) is 0. The van der Waals surface area contributed by atoms with Crippen molar-refractivity contribution in [3.05, 3.63) is 41.9 Å². The zero-order chi connectivity index (χ0) is 17.1. The molecule has 2 aromatic heterocycles. The summed E-state index contributed by atoms with van der Waals surface area (Å²) in [4.78, 5) is 31.5. The lowest BCUT2D eigenvalue weighted by Crippen LogP contribution is -2.32. The monoisotopic (exact) mass is 328 g/mol. The molecule has 1 atom stereocenters. The predicted octanol–water partition coefficient (Wildman–Crippen LogP) is 2.43. The van der Waals surface area contributed by atoms with Gasteiger partial charge in [0.15, 0.2) is 11.9 Å². The average molecular weight is 328 g/mol. The standard InChI is InChI=1S/C16H16N4O4/c1-3-13(15(21)19-14-6-9(2)24-20-14)23-16(22)10-4-5-11-12(7-10)18-8-17-11/h4-8,13H,3H2,1-2H3,(H,17,18)(H,19,20,21). The van der Waals surface area contributed by atoms with Crippen LogP contribution in [0.4, 0.5) is 5.82 Å². The van der Waals surface area contributed by atoms with Crippen LogP contribution in [0.3, 0.4) is 0 Å². The largest absolute Gasteiger partial charge is 0.449 e. The second-order valence-corrected chi connectivity index (χ2v) is 5.25. The van der Waals surface area contributed by atoms with E-state index >= 15 is 0 Å². The van der Waals surface area contributed by atoms with E-state index in [2.05, 4.69) is 20.4 Å². The number of anilines is 1. The fourth-order valence-corrected chi connectivity index (χ4v) is 2.21. The number of hydrogen-bond donors (Lipinski definition) is 2. The van der Waals surface area contributed by atoms with E-state index in [1.165, 1.54) is 0 Å². The lowest BCUT2D eigenvalue weighted by Gasteiger charge is -2.15. The molecule has 124 valence electrons. The van der Waals surface area contributed by atoms with E-state index in [1.54, 1.807) is 44.4 Å². The fraction of sp³-hybridized carbons (Fsp3) is 0.250. The topological polar surface area (TPSA) is 110 Å². The molecule has 2 N–H and O–H groups in total. The van der Waals surface area contributed by atoms with Crippen LogP contribution in [-0.2, 0) is 9.53 Å². The number of aryl methyl sites for hydroxylation is 1. The zero-order valence-electron chi connectivity index (χ0n) is 13.2. The van der Waals surface area contributed by atoms with Crippen LogP contribution >= 0.6 is 0 Å². The molecule has 8 heteroatoms. The third-order valence-electron chi connectivity index (χ3n) is 3.45. The minimum absolute atomic E-state index is 0.283. The van der Waals surface area contributed by atoms with Crippen molar-refractivity contribution in [3.8, 4) is 0 Å². The van der Waals surface area contributed by atoms with Gasteiger partial charge in [0.05, 0.1) is 22.9 Å². The van der Waals surface area contributed by atoms with Crippen LogP contribution in [0.15, 0.2) is 35.1 Å². The molecule has 0 saturated carbocycles. The molecule has 2 heterocycles. The van der Waals surface area contributed by atoms with Gasteiger partial charge in [0, 0.05) is 6.07 Å². The summed E-state index contributed by atoms with van der Waals surface area (Å²) < 4.78 is 10.2. The number of carbonyl (C=O) groups is 2. The SMILES string of the molecule is CCC(OC(=O)c1ccc2nc[nH]c2c1)C(=O)Nc1cc(C)on1. The number of benzene rings is 1. The molecule has 0 aliphatic heterocycles. The Balaban J connectivity index is 1.69. The molecule has 0 aliphatic rings. The van der Waals surface area contributed by atoms with Gasteiger partial charge in [0.2, 0.25) is 0 Å². The summed E-state index contributed by atoms with van der Waals surface area (Å²) in [5, 5.41) is 6.24. The van der Waals surface area contributed by atoms with Crippen molar-refractivity contribution in [1.82, 2.24) is 15.1 Å². The first-order valence-corrected chi connectivity index (χ1v) is 7.45. The van der Waals surface area contributed by atoms with E-state index in [4.69, 9.17) is 9.26 Å². The Bertz CT molecular complexity index is 883. The minimum Gasteiger partial charge on any atom is -0.449 e. The first kappa shape index (κ1) is 15.7. The van der Waals surface area contributed by atoms with Crippen molar-refractivity contribution < 1.29 is 18.8 Å². The summed E-state index contributed by atoms with van der Waals surface area (Å²) in [6, 6.07) is 6.54. The molecule has 1 aromatic carbocycles. The first-order chi connectivity index (χ1) is 11.6. The van der Waals surface area contributed by atoms with Crippen molar-refractivity contribution in [2.45, 2.75) is 26.4 Å². The molecule has 0 bridgehead atoms. The highest BCUT2D eigenvalue weighted by Crippen LogP contribution is 2.15. The number of aromatic nitrogens is 3. The van der Waals surface area contributed by atoms with Crippen LogP contribution in [0.25, 0.3) is 11.0 Å². The highest BCUT2D eigenvalue weighted by molar-refractivity contribution is 5.98. The Labute approximate surface area is 137 Å². The quantitative estimate of drug-likeness (QED) is 0.696. The molecule has 24 heavy (non-hydrogen) atoms. The third-order valence-corrected chi connectivity index (χ3v) is 3.45. The van der Waals surface area contributed by atoms with Crippen LogP contribution < -0.4 is 5.32 Å². The van der Waals surface area contributed by atoms with E-state index in [9.17, 15) is 9.59 Å². The molecule has 3 aromatic rings. The van der Waals surface area contributed by atoms with Crippen LogP contribution in [0.1, 0.15) is 29.5 Å². The van der Waals surface area contributed by atoms with Crippen LogP contribution in [0.2, 0.25) is 0 Å². The average Bonchev–Trinajstić information content (AvgIpc) is 3.20. The number of aromatic amines is 1. The number of H-pyrrole nitrogens is 1. The molecular formula is C16H16N4O4. The van der Waals surface area contributed by atoms with Crippen molar-refractivity contribution >= 4 is 28.7 Å². The van der Waals surface area contributed by atoms with E-state index in [-0.39, 0.29) is 5.82 Å². The summed E-state index contributed by atoms with van der Waals surface area (Å²) in [5.74, 6) is -0.180. The van der Waals surface area contributed by atoms with Gasteiger partial charge in [-0.05, 0) is 31.5 Å². The van der Waals surface area contributed by atoms with Gasteiger partial charge in [0.1, 0.15) is 5.76 Å². The van der Waals surface area contributed by atoms with Crippen molar-refractivity contribution in [3.63, 3.8) is 0 Å². The number of rotatable bonds is 5. The predicted molar refractivity (Wildman–Crippen MR) is 85.5 cm³/mol. The van der Waals surface area contributed by atoms with Gasteiger partial charge in [-0.1, -0.05) is 12.1 Å². The summed E-state index contributed by atoms with van der Waals surface area (Å²) in [6.07, 6.45) is 0.954. The van der Waals surface area contributed by atoms with Crippen molar-refractivity contribution in [2.75, 3.05) is 5.32 Å². The molecule has 3 rings (SSSR count). The smallest absolute Gasteiger partial charge is 0.338 e. The molecular weight excluding hydrogens is 312 g/mol. The molecule has 0 spiro atoms. The Morgan fingerprint density at radius 1 is 1.38 bits per heavy atom. The fourth-order valence-electron chi connectivity index (χ4n) is 2.21. The van der Waals surface area contributed by atoms with E-state index in [0.717, 1.165) is 11.0 Å². The number of carbonyl (C=O) groups excluding carboxylic acids is 2. The highest BCUT2D eigenvalue weighted by Gasteiger charge is 2.23. The van der Waals surface area contributed by atoms with Gasteiger partial charge in [-0.2, -0.15) is 0 Å². The Morgan fingerprint density at radius 3 is 2.92 bits per heavy atom. The van der Waals surface area contributed by atoms with Gasteiger partial charge in [0.25, 0.3) is 5.91 Å². The van der Waals surface area contributed by atoms with Gasteiger partial charge >= 0.3 is 5.97 Å². The van der Waals surface area contributed by atoms with Gasteiger partial charge in [-0.15, -0.1) is 0 Å². The lowest BCUT2D eigenvalue weighted by molar-refractivity contribution is -0.124. The lowest BCUT2D eigenvalue weighted by atomic mass is 10.2. The maximum Gasteiger partial charge on any atom is 0.338 e. The second-order valence-electron chi connectivity index (χ2n) is 5.25. The molecule has 1 unspecified atom stereocenters. The number of imidazole rings is 1. The van der Waals surface area contributed by atoms with E-state index in [1.807, 2.05) is 0 Å². The van der Waals surface area contributed by atoms with E-state index < -0.39 is 18.0 Å². The van der Waals surface area contributed by atoms with Gasteiger partial charge in [-0.3, -0.25) is 4.79 Å².